The van der Waals surface area contributed by atoms with Crippen LogP contribution < -0.4 is 0 Å². The van der Waals surface area contributed by atoms with Gasteiger partial charge >= 0.3 is 5.97 Å². The van der Waals surface area contributed by atoms with Gasteiger partial charge in [-0.3, -0.25) is 9.59 Å². The summed E-state index contributed by atoms with van der Waals surface area (Å²) < 4.78 is 5.18. The molecular weight excluding hydrogens is 308 g/mol. The smallest absolute Gasteiger partial charge is 0.308 e. The molecule has 0 unspecified atom stereocenters. The van der Waals surface area contributed by atoms with Crippen molar-refractivity contribution in [1.29, 1.82) is 0 Å². The molecule has 1 aliphatic heterocycles. The molecule has 1 N–H and O–H groups in total. The minimum absolute atomic E-state index is 0.0404. The van der Waals surface area contributed by atoms with Crippen LogP contribution in [0.25, 0.3) is 0 Å². The number of carboxylic acid groups (broad SMARTS) is 1. The van der Waals surface area contributed by atoms with Crippen LogP contribution in [-0.2, 0) is 16.1 Å². The molecule has 2 heterocycles. The summed E-state index contributed by atoms with van der Waals surface area (Å²) >= 11 is 0. The van der Waals surface area contributed by atoms with E-state index in [1.165, 1.54) is 0 Å². The highest BCUT2D eigenvalue weighted by molar-refractivity contribution is 5.81. The normalized spacial score (nSPS) is 21.1. The minimum Gasteiger partial charge on any atom is -0.481 e. The predicted molar refractivity (Wildman–Crippen MR) is 86.1 cm³/mol. The monoisotopic (exact) mass is 328 g/mol. The molecule has 0 saturated carbocycles. The van der Waals surface area contributed by atoms with Crippen LogP contribution in [0.4, 0.5) is 0 Å². The molecule has 126 valence electrons. The minimum atomic E-state index is -0.875. The lowest BCUT2D eigenvalue weighted by atomic mass is 9.84. The van der Waals surface area contributed by atoms with Crippen molar-refractivity contribution in [2.45, 2.75) is 39.3 Å². The Hall–Kier alpha value is -2.63. The Kier molecular flexibility index (Phi) is 4.38. The highest BCUT2D eigenvalue weighted by Gasteiger charge is 2.41. The standard InChI is InChI=1S/C18H20N2O4/c1-11-15(12(2)24-19-11)10-20-16(21)9-8-14(18(22)23)17(20)13-6-4-3-5-7-13/h3-7,14,17H,8-10H2,1-2H3,(H,22,23)/t14-,17+/m0/s1. The van der Waals surface area contributed by atoms with Crippen molar-refractivity contribution in [1.82, 2.24) is 10.1 Å². The Morgan fingerprint density at radius 3 is 2.62 bits per heavy atom. The number of amides is 1. The fraction of sp³-hybridized carbons (Fsp3) is 0.389. The van der Waals surface area contributed by atoms with Crippen molar-refractivity contribution in [2.24, 2.45) is 5.92 Å². The van der Waals surface area contributed by atoms with Gasteiger partial charge in [0.2, 0.25) is 5.91 Å². The SMILES string of the molecule is Cc1noc(C)c1CN1C(=O)CC[C@H](C(=O)O)[C@H]1c1ccccc1. The number of piperidine rings is 1. The van der Waals surface area contributed by atoms with Gasteiger partial charge in [-0.15, -0.1) is 0 Å². The van der Waals surface area contributed by atoms with E-state index in [0.29, 0.717) is 18.7 Å². The molecule has 1 amide bonds. The lowest BCUT2D eigenvalue weighted by Crippen LogP contribution is -2.45. The molecule has 1 aliphatic rings. The van der Waals surface area contributed by atoms with Crippen molar-refractivity contribution in [2.75, 3.05) is 0 Å². The number of aryl methyl sites for hydroxylation is 2. The van der Waals surface area contributed by atoms with Gasteiger partial charge in [-0.1, -0.05) is 35.5 Å². The Morgan fingerprint density at radius 2 is 2.04 bits per heavy atom. The molecule has 0 radical (unpaired) electrons. The molecule has 1 aromatic heterocycles. The molecular formula is C18H20N2O4. The van der Waals surface area contributed by atoms with E-state index < -0.39 is 17.9 Å². The first-order chi connectivity index (χ1) is 11.5. The van der Waals surface area contributed by atoms with Crippen molar-refractivity contribution >= 4 is 11.9 Å². The van der Waals surface area contributed by atoms with Gasteiger partial charge in [-0.05, 0) is 25.8 Å². The van der Waals surface area contributed by atoms with E-state index in [9.17, 15) is 14.7 Å². The maximum absolute atomic E-state index is 12.6. The van der Waals surface area contributed by atoms with Crippen molar-refractivity contribution in [3.05, 3.63) is 52.9 Å². The Bertz CT molecular complexity index is 734. The quantitative estimate of drug-likeness (QED) is 0.933. The largest absolute Gasteiger partial charge is 0.481 e. The molecule has 0 spiro atoms. The molecule has 0 aliphatic carbocycles. The molecule has 2 aromatic rings. The van der Waals surface area contributed by atoms with Gasteiger partial charge < -0.3 is 14.5 Å². The van der Waals surface area contributed by atoms with Gasteiger partial charge in [0.05, 0.1) is 24.2 Å². The summed E-state index contributed by atoms with van der Waals surface area (Å²) in [6.07, 6.45) is 0.593. The first-order valence-electron chi connectivity index (χ1n) is 7.98. The third-order valence-electron chi connectivity index (χ3n) is 4.67. The van der Waals surface area contributed by atoms with Crippen molar-refractivity contribution in [3.8, 4) is 0 Å². The third-order valence-corrected chi connectivity index (χ3v) is 4.67. The molecule has 1 saturated heterocycles. The van der Waals surface area contributed by atoms with Gasteiger partial charge in [0.25, 0.3) is 0 Å². The fourth-order valence-electron chi connectivity index (χ4n) is 3.36. The third kappa shape index (κ3) is 2.91. The number of benzene rings is 1. The molecule has 2 atom stereocenters. The second-order valence-electron chi connectivity index (χ2n) is 6.16. The number of nitrogens with zero attached hydrogens (tertiary/aromatic N) is 2. The van der Waals surface area contributed by atoms with Crippen LogP contribution in [0, 0.1) is 19.8 Å². The van der Waals surface area contributed by atoms with E-state index >= 15 is 0 Å². The number of carbonyl (C=O) groups excluding carboxylic acids is 1. The average Bonchev–Trinajstić information content (AvgIpc) is 2.88. The summed E-state index contributed by atoms with van der Waals surface area (Å²) in [6, 6.07) is 8.86. The highest BCUT2D eigenvalue weighted by atomic mass is 16.5. The second kappa shape index (κ2) is 6.47. The molecule has 0 bridgehead atoms. The van der Waals surface area contributed by atoms with E-state index in [1.54, 1.807) is 11.8 Å². The van der Waals surface area contributed by atoms with Crippen LogP contribution in [0.15, 0.2) is 34.9 Å². The van der Waals surface area contributed by atoms with Gasteiger partial charge in [0, 0.05) is 12.0 Å². The maximum atomic E-state index is 12.6. The summed E-state index contributed by atoms with van der Waals surface area (Å²) in [5, 5.41) is 13.6. The van der Waals surface area contributed by atoms with E-state index in [-0.39, 0.29) is 12.3 Å². The Labute approximate surface area is 140 Å². The summed E-state index contributed by atoms with van der Waals surface area (Å²) in [4.78, 5) is 26.0. The maximum Gasteiger partial charge on any atom is 0.308 e. The summed E-state index contributed by atoms with van der Waals surface area (Å²) in [6.45, 7) is 3.94. The number of likely N-dealkylation sites (tertiary alicyclic amines) is 1. The predicted octanol–water partition coefficient (Wildman–Crippen LogP) is 2.86. The van der Waals surface area contributed by atoms with E-state index in [1.807, 2.05) is 37.3 Å². The molecule has 6 heteroatoms. The summed E-state index contributed by atoms with van der Waals surface area (Å²) in [5.41, 5.74) is 2.41. The van der Waals surface area contributed by atoms with Crippen LogP contribution in [0.2, 0.25) is 0 Å². The molecule has 3 rings (SSSR count). The lowest BCUT2D eigenvalue weighted by molar-refractivity contribution is -0.152. The van der Waals surface area contributed by atoms with Crippen LogP contribution >= 0.6 is 0 Å². The number of aliphatic carboxylic acids is 1. The Morgan fingerprint density at radius 1 is 1.33 bits per heavy atom. The molecule has 24 heavy (non-hydrogen) atoms. The van der Waals surface area contributed by atoms with E-state index in [4.69, 9.17) is 4.52 Å². The zero-order valence-electron chi connectivity index (χ0n) is 13.7. The van der Waals surface area contributed by atoms with Gasteiger partial charge in [0.1, 0.15) is 5.76 Å². The first kappa shape index (κ1) is 16.2. The van der Waals surface area contributed by atoms with Gasteiger partial charge in [-0.25, -0.2) is 0 Å². The molecule has 1 fully saturated rings. The number of carbonyl (C=O) groups is 2. The number of aromatic nitrogens is 1. The van der Waals surface area contributed by atoms with Crippen molar-refractivity contribution < 1.29 is 19.2 Å². The van der Waals surface area contributed by atoms with Crippen LogP contribution in [-0.4, -0.2) is 27.0 Å². The van der Waals surface area contributed by atoms with Gasteiger partial charge in [-0.2, -0.15) is 0 Å². The number of hydrogen-bond acceptors (Lipinski definition) is 4. The first-order valence-corrected chi connectivity index (χ1v) is 7.98. The molecule has 6 nitrogen and oxygen atoms in total. The van der Waals surface area contributed by atoms with Crippen molar-refractivity contribution in [3.63, 3.8) is 0 Å². The van der Waals surface area contributed by atoms with Gasteiger partial charge in [0.15, 0.2) is 0 Å². The van der Waals surface area contributed by atoms with Crippen LogP contribution in [0.1, 0.15) is 41.5 Å². The zero-order valence-corrected chi connectivity index (χ0v) is 13.7. The molecule has 1 aromatic carbocycles. The van der Waals surface area contributed by atoms with Crippen LogP contribution in [0.3, 0.4) is 0 Å². The second-order valence-corrected chi connectivity index (χ2v) is 6.16. The topological polar surface area (TPSA) is 83.6 Å². The Balaban J connectivity index is 2.01. The number of hydrogen-bond donors (Lipinski definition) is 1. The van der Waals surface area contributed by atoms with E-state index in [0.717, 1.165) is 16.8 Å². The lowest BCUT2D eigenvalue weighted by Gasteiger charge is -2.39. The van der Waals surface area contributed by atoms with Crippen LogP contribution in [0.5, 0.6) is 0 Å². The average molecular weight is 328 g/mol. The fourth-order valence-corrected chi connectivity index (χ4v) is 3.36. The van der Waals surface area contributed by atoms with E-state index in [2.05, 4.69) is 5.16 Å². The summed E-state index contributed by atoms with van der Waals surface area (Å²) in [5.74, 6) is -0.878. The number of rotatable bonds is 4. The number of carboxylic acids is 1. The highest BCUT2D eigenvalue weighted by Crippen LogP contribution is 2.38. The summed E-state index contributed by atoms with van der Waals surface area (Å²) in [7, 11) is 0. The zero-order chi connectivity index (χ0) is 17.3.